The Morgan fingerprint density at radius 2 is 1.86 bits per heavy atom. The van der Waals surface area contributed by atoms with E-state index in [1.807, 2.05) is 36.4 Å². The molecule has 0 bridgehead atoms. The lowest BCUT2D eigenvalue weighted by atomic mass is 10.1. The summed E-state index contributed by atoms with van der Waals surface area (Å²) in [6.07, 6.45) is 0. The van der Waals surface area contributed by atoms with Crippen molar-refractivity contribution in [2.24, 2.45) is 0 Å². The number of benzene rings is 2. The largest absolute Gasteiger partial charge is 0.351 e. The molecule has 3 nitrogen and oxygen atoms in total. The Balaban J connectivity index is 1.80. The van der Waals surface area contributed by atoms with E-state index in [4.69, 9.17) is 0 Å². The topological polar surface area (TPSA) is 44.9 Å². The fourth-order valence-corrected chi connectivity index (χ4v) is 2.60. The molecule has 1 aromatic heterocycles. The lowest BCUT2D eigenvalue weighted by Crippen LogP contribution is -2.22. The predicted octanol–water partition coefficient (Wildman–Crippen LogP) is 3.71. The second kappa shape index (κ2) is 5.44. The first-order valence-electron chi connectivity index (χ1n) is 7.05. The molecule has 21 heavy (non-hydrogen) atoms. The summed E-state index contributed by atoms with van der Waals surface area (Å²) in [5, 5.41) is 4.04. The molecule has 3 aromatic rings. The third-order valence-corrected chi connectivity index (χ3v) is 3.63. The minimum atomic E-state index is -0.0768. The van der Waals surface area contributed by atoms with Crippen LogP contribution in [0.2, 0.25) is 0 Å². The number of aromatic amines is 1. The number of H-pyrrole nitrogens is 1. The zero-order valence-electron chi connectivity index (χ0n) is 12.2. The van der Waals surface area contributed by atoms with Gasteiger partial charge >= 0.3 is 0 Å². The monoisotopic (exact) mass is 278 g/mol. The molecule has 0 radical (unpaired) electrons. The first-order valence-corrected chi connectivity index (χ1v) is 7.05. The van der Waals surface area contributed by atoms with Gasteiger partial charge in [-0.3, -0.25) is 4.79 Å². The molecule has 2 N–H and O–H groups in total. The van der Waals surface area contributed by atoms with Crippen molar-refractivity contribution < 1.29 is 4.79 Å². The number of hydrogen-bond donors (Lipinski definition) is 2. The number of nitrogens with one attached hydrogen (secondary N) is 2. The van der Waals surface area contributed by atoms with Gasteiger partial charge in [-0.05, 0) is 42.7 Å². The van der Waals surface area contributed by atoms with E-state index < -0.39 is 0 Å². The van der Waals surface area contributed by atoms with Crippen molar-refractivity contribution in [1.82, 2.24) is 10.3 Å². The summed E-state index contributed by atoms with van der Waals surface area (Å²) < 4.78 is 0. The smallest absolute Gasteiger partial charge is 0.267 e. The summed E-state index contributed by atoms with van der Waals surface area (Å²) in [6.45, 7) is 4.66. The van der Waals surface area contributed by atoms with E-state index in [1.54, 1.807) is 0 Å². The van der Waals surface area contributed by atoms with E-state index in [1.165, 1.54) is 11.1 Å². The SMILES string of the molecule is Cc1cc(C)c2cc(C(=O)NCc3ccccc3)[nH]c2c1. The van der Waals surface area contributed by atoms with E-state index in [9.17, 15) is 4.79 Å². The number of amides is 1. The number of carbonyl (C=O) groups excluding carboxylic acids is 1. The van der Waals surface area contributed by atoms with Gasteiger partial charge in [0.1, 0.15) is 5.69 Å². The van der Waals surface area contributed by atoms with Crippen LogP contribution in [0.1, 0.15) is 27.2 Å². The Labute approximate surface area is 124 Å². The highest BCUT2D eigenvalue weighted by atomic mass is 16.1. The third-order valence-electron chi connectivity index (χ3n) is 3.63. The van der Waals surface area contributed by atoms with Crippen molar-refractivity contribution in [2.45, 2.75) is 20.4 Å². The van der Waals surface area contributed by atoms with Crippen molar-refractivity contribution in [3.05, 3.63) is 70.9 Å². The number of hydrogen-bond acceptors (Lipinski definition) is 1. The minimum Gasteiger partial charge on any atom is -0.351 e. The van der Waals surface area contributed by atoms with Crippen LogP contribution in [-0.4, -0.2) is 10.9 Å². The molecule has 0 aliphatic rings. The third kappa shape index (κ3) is 2.82. The highest BCUT2D eigenvalue weighted by molar-refractivity contribution is 5.98. The summed E-state index contributed by atoms with van der Waals surface area (Å²) in [6, 6.07) is 16.0. The van der Waals surface area contributed by atoms with Gasteiger partial charge < -0.3 is 10.3 Å². The molecule has 0 aliphatic heterocycles. The molecule has 3 heteroatoms. The highest BCUT2D eigenvalue weighted by Crippen LogP contribution is 2.21. The maximum absolute atomic E-state index is 12.2. The van der Waals surface area contributed by atoms with Crippen molar-refractivity contribution in [1.29, 1.82) is 0 Å². The van der Waals surface area contributed by atoms with E-state index >= 15 is 0 Å². The van der Waals surface area contributed by atoms with Gasteiger partial charge in [-0.2, -0.15) is 0 Å². The van der Waals surface area contributed by atoms with Crippen LogP contribution in [-0.2, 0) is 6.54 Å². The first kappa shape index (κ1) is 13.4. The lowest BCUT2D eigenvalue weighted by Gasteiger charge is -2.03. The van der Waals surface area contributed by atoms with E-state index in [2.05, 4.69) is 36.3 Å². The predicted molar refractivity (Wildman–Crippen MR) is 85.4 cm³/mol. The Kier molecular flexibility index (Phi) is 3.48. The Hall–Kier alpha value is -2.55. The van der Waals surface area contributed by atoms with Gasteiger partial charge in [0.2, 0.25) is 0 Å². The molecule has 1 amide bonds. The van der Waals surface area contributed by atoms with Crippen LogP contribution >= 0.6 is 0 Å². The first-order chi connectivity index (χ1) is 10.1. The van der Waals surface area contributed by atoms with Gasteiger partial charge in [0, 0.05) is 17.4 Å². The van der Waals surface area contributed by atoms with Gasteiger partial charge in [-0.25, -0.2) is 0 Å². The van der Waals surface area contributed by atoms with E-state index in [0.29, 0.717) is 12.2 Å². The van der Waals surface area contributed by atoms with Crippen LogP contribution in [0, 0.1) is 13.8 Å². The molecule has 0 atom stereocenters. The second-order valence-corrected chi connectivity index (χ2v) is 5.39. The maximum atomic E-state index is 12.2. The zero-order chi connectivity index (χ0) is 14.8. The Morgan fingerprint density at radius 3 is 2.62 bits per heavy atom. The minimum absolute atomic E-state index is 0.0768. The summed E-state index contributed by atoms with van der Waals surface area (Å²) in [5.41, 5.74) is 5.09. The molecule has 1 heterocycles. The van der Waals surface area contributed by atoms with Gasteiger partial charge in [-0.15, -0.1) is 0 Å². The summed E-state index contributed by atoms with van der Waals surface area (Å²) >= 11 is 0. The van der Waals surface area contributed by atoms with Crippen molar-refractivity contribution >= 4 is 16.8 Å². The van der Waals surface area contributed by atoms with Crippen molar-refractivity contribution in [3.8, 4) is 0 Å². The highest BCUT2D eigenvalue weighted by Gasteiger charge is 2.10. The number of carbonyl (C=O) groups is 1. The average Bonchev–Trinajstić information content (AvgIpc) is 2.90. The molecule has 0 spiro atoms. The summed E-state index contributed by atoms with van der Waals surface area (Å²) in [4.78, 5) is 15.4. The van der Waals surface area contributed by atoms with Crippen molar-refractivity contribution in [2.75, 3.05) is 0 Å². The number of aromatic nitrogens is 1. The summed E-state index contributed by atoms with van der Waals surface area (Å²) in [5.74, 6) is -0.0768. The van der Waals surface area contributed by atoms with Crippen LogP contribution in [0.5, 0.6) is 0 Å². The van der Waals surface area contributed by atoms with Crippen LogP contribution in [0.15, 0.2) is 48.5 Å². The fraction of sp³-hybridized carbons (Fsp3) is 0.167. The standard InChI is InChI=1S/C18H18N2O/c1-12-8-13(2)15-10-17(20-16(15)9-12)18(21)19-11-14-6-4-3-5-7-14/h3-10,20H,11H2,1-2H3,(H,19,21). The number of fused-ring (bicyclic) bond motifs is 1. The fourth-order valence-electron chi connectivity index (χ4n) is 2.60. The second-order valence-electron chi connectivity index (χ2n) is 5.39. The van der Waals surface area contributed by atoms with Gasteiger partial charge in [0.25, 0.3) is 5.91 Å². The molecule has 3 rings (SSSR count). The maximum Gasteiger partial charge on any atom is 0.267 e. The van der Waals surface area contributed by atoms with Crippen LogP contribution in [0.3, 0.4) is 0 Å². The van der Waals surface area contributed by atoms with Gasteiger partial charge in [0.15, 0.2) is 0 Å². The lowest BCUT2D eigenvalue weighted by molar-refractivity contribution is 0.0947. The van der Waals surface area contributed by atoms with Crippen LogP contribution in [0.4, 0.5) is 0 Å². The summed E-state index contributed by atoms with van der Waals surface area (Å²) in [7, 11) is 0. The zero-order valence-corrected chi connectivity index (χ0v) is 12.2. The van der Waals surface area contributed by atoms with Crippen molar-refractivity contribution in [3.63, 3.8) is 0 Å². The molecule has 0 aliphatic carbocycles. The molecular formula is C18H18N2O. The number of aryl methyl sites for hydroxylation is 2. The van der Waals surface area contributed by atoms with Gasteiger partial charge in [-0.1, -0.05) is 36.4 Å². The average molecular weight is 278 g/mol. The molecule has 0 saturated carbocycles. The van der Waals surface area contributed by atoms with Crippen LogP contribution in [0.25, 0.3) is 10.9 Å². The van der Waals surface area contributed by atoms with Crippen LogP contribution < -0.4 is 5.32 Å². The van der Waals surface area contributed by atoms with E-state index in [0.717, 1.165) is 16.5 Å². The quantitative estimate of drug-likeness (QED) is 0.753. The molecule has 0 unspecified atom stereocenters. The van der Waals surface area contributed by atoms with Gasteiger partial charge in [0.05, 0.1) is 0 Å². The number of rotatable bonds is 3. The Morgan fingerprint density at radius 1 is 1.10 bits per heavy atom. The Bertz CT molecular complexity index is 788. The molecule has 2 aromatic carbocycles. The van der Waals surface area contributed by atoms with E-state index in [-0.39, 0.29) is 5.91 Å². The molecule has 0 saturated heterocycles. The molecular weight excluding hydrogens is 260 g/mol. The molecule has 0 fully saturated rings. The normalized spacial score (nSPS) is 10.8. The molecule has 106 valence electrons.